The van der Waals surface area contributed by atoms with Crippen LogP contribution in [0.3, 0.4) is 0 Å². The molecule has 0 saturated heterocycles. The predicted molar refractivity (Wildman–Crippen MR) is 76.4 cm³/mol. The van der Waals surface area contributed by atoms with Gasteiger partial charge in [-0.15, -0.1) is 0 Å². The molecule has 0 aromatic heterocycles. The molecule has 0 amide bonds. The molecule has 1 aromatic carbocycles. The average molecular weight is 312 g/mol. The Labute approximate surface area is 116 Å². The van der Waals surface area contributed by atoms with E-state index in [4.69, 9.17) is 5.11 Å². The number of anilines is 1. The molecule has 0 aliphatic heterocycles. The minimum Gasteiger partial charge on any atom is -0.478 e. The van der Waals surface area contributed by atoms with E-state index >= 15 is 0 Å². The zero-order chi connectivity index (χ0) is 13.1. The highest BCUT2D eigenvalue weighted by Gasteiger charge is 2.29. The fourth-order valence-electron chi connectivity index (χ4n) is 2.10. The van der Waals surface area contributed by atoms with Crippen molar-refractivity contribution in [1.82, 2.24) is 0 Å². The predicted octanol–water partition coefficient (Wildman–Crippen LogP) is 3.92. The Morgan fingerprint density at radius 2 is 2.17 bits per heavy atom. The Balaban J connectivity index is 2.25. The van der Waals surface area contributed by atoms with Gasteiger partial charge in [-0.05, 0) is 37.5 Å². The van der Waals surface area contributed by atoms with Crippen molar-refractivity contribution in [3.63, 3.8) is 0 Å². The minimum atomic E-state index is -0.871. The first kappa shape index (κ1) is 13.4. The van der Waals surface area contributed by atoms with Gasteiger partial charge < -0.3 is 10.0 Å². The first-order valence-corrected chi connectivity index (χ1v) is 7.21. The molecule has 18 heavy (non-hydrogen) atoms. The molecule has 0 spiro atoms. The number of benzene rings is 1. The molecule has 0 unspecified atom stereocenters. The summed E-state index contributed by atoms with van der Waals surface area (Å²) in [7, 11) is 0. The van der Waals surface area contributed by atoms with E-state index in [1.165, 1.54) is 12.8 Å². The number of rotatable bonds is 6. The van der Waals surface area contributed by atoms with Gasteiger partial charge in [-0.3, -0.25) is 0 Å². The zero-order valence-electron chi connectivity index (χ0n) is 10.5. The molecule has 0 atom stereocenters. The van der Waals surface area contributed by atoms with Gasteiger partial charge in [0.2, 0.25) is 0 Å². The number of carboxylic acid groups (broad SMARTS) is 1. The van der Waals surface area contributed by atoms with Gasteiger partial charge in [-0.25, -0.2) is 4.79 Å². The molecule has 4 heteroatoms. The Bertz CT molecular complexity index is 443. The Morgan fingerprint density at radius 3 is 2.72 bits per heavy atom. The summed E-state index contributed by atoms with van der Waals surface area (Å²) < 4.78 is 0.833. The quantitative estimate of drug-likeness (QED) is 0.865. The third-order valence-corrected chi connectivity index (χ3v) is 3.66. The van der Waals surface area contributed by atoms with Gasteiger partial charge in [0.15, 0.2) is 0 Å². The summed E-state index contributed by atoms with van der Waals surface area (Å²) in [6, 6.07) is 6.05. The molecule has 1 aromatic rings. The van der Waals surface area contributed by atoms with E-state index in [1.54, 1.807) is 12.1 Å². The van der Waals surface area contributed by atoms with Crippen molar-refractivity contribution in [2.24, 2.45) is 0 Å². The molecular formula is C14H18BrNO2. The standard InChI is InChI=1S/C14H18BrNO2/c1-2-3-6-16(12-4-5-12)13-8-10(14(17)18)7-11(15)9-13/h7-9,12H,2-6H2,1H3,(H,17,18). The number of aromatic carboxylic acids is 1. The monoisotopic (exact) mass is 311 g/mol. The normalized spacial score (nSPS) is 14.6. The average Bonchev–Trinajstić information content (AvgIpc) is 3.13. The lowest BCUT2D eigenvalue weighted by Crippen LogP contribution is -2.27. The topological polar surface area (TPSA) is 40.5 Å². The van der Waals surface area contributed by atoms with Crippen molar-refractivity contribution in [2.75, 3.05) is 11.4 Å². The summed E-state index contributed by atoms with van der Waals surface area (Å²) in [5, 5.41) is 9.11. The van der Waals surface area contributed by atoms with Gasteiger partial charge in [0.25, 0.3) is 0 Å². The summed E-state index contributed by atoms with van der Waals surface area (Å²) >= 11 is 3.40. The second-order valence-corrected chi connectivity index (χ2v) is 5.70. The van der Waals surface area contributed by atoms with Crippen LogP contribution in [-0.4, -0.2) is 23.7 Å². The second kappa shape index (κ2) is 5.74. The van der Waals surface area contributed by atoms with Crippen molar-refractivity contribution in [1.29, 1.82) is 0 Å². The smallest absolute Gasteiger partial charge is 0.335 e. The molecule has 3 nitrogen and oxygen atoms in total. The number of hydrogen-bond donors (Lipinski definition) is 1. The number of nitrogens with zero attached hydrogens (tertiary/aromatic N) is 1. The molecular weight excluding hydrogens is 294 g/mol. The van der Waals surface area contributed by atoms with Crippen molar-refractivity contribution in [3.8, 4) is 0 Å². The van der Waals surface area contributed by atoms with Crippen LogP contribution in [0.1, 0.15) is 43.0 Å². The molecule has 0 bridgehead atoms. The van der Waals surface area contributed by atoms with Crippen LogP contribution in [0.2, 0.25) is 0 Å². The van der Waals surface area contributed by atoms with E-state index in [-0.39, 0.29) is 0 Å². The van der Waals surface area contributed by atoms with Crippen molar-refractivity contribution in [3.05, 3.63) is 28.2 Å². The van der Waals surface area contributed by atoms with Gasteiger partial charge in [-0.2, -0.15) is 0 Å². The highest BCUT2D eigenvalue weighted by Crippen LogP contribution is 2.33. The van der Waals surface area contributed by atoms with Crippen LogP contribution in [-0.2, 0) is 0 Å². The maximum absolute atomic E-state index is 11.1. The number of carbonyl (C=O) groups is 1. The van der Waals surface area contributed by atoms with E-state index in [0.717, 1.165) is 29.5 Å². The van der Waals surface area contributed by atoms with E-state index in [9.17, 15) is 4.79 Å². The van der Waals surface area contributed by atoms with Gasteiger partial charge >= 0.3 is 5.97 Å². The van der Waals surface area contributed by atoms with E-state index in [2.05, 4.69) is 27.8 Å². The van der Waals surface area contributed by atoms with Crippen molar-refractivity contribution in [2.45, 2.75) is 38.6 Å². The van der Waals surface area contributed by atoms with Crippen LogP contribution in [0.15, 0.2) is 22.7 Å². The number of halogens is 1. The van der Waals surface area contributed by atoms with Gasteiger partial charge in [0.1, 0.15) is 0 Å². The van der Waals surface area contributed by atoms with Crippen molar-refractivity contribution < 1.29 is 9.90 Å². The summed E-state index contributed by atoms with van der Waals surface area (Å²) in [6.07, 6.45) is 4.74. The lowest BCUT2D eigenvalue weighted by Gasteiger charge is -2.25. The molecule has 1 N–H and O–H groups in total. The van der Waals surface area contributed by atoms with E-state index in [1.807, 2.05) is 6.07 Å². The van der Waals surface area contributed by atoms with E-state index in [0.29, 0.717) is 11.6 Å². The van der Waals surface area contributed by atoms with E-state index < -0.39 is 5.97 Å². The third kappa shape index (κ3) is 3.25. The van der Waals surface area contributed by atoms with Crippen LogP contribution in [0.5, 0.6) is 0 Å². The maximum atomic E-state index is 11.1. The van der Waals surface area contributed by atoms with Crippen LogP contribution < -0.4 is 4.90 Å². The first-order chi connectivity index (χ1) is 8.61. The van der Waals surface area contributed by atoms with Crippen LogP contribution in [0.25, 0.3) is 0 Å². The molecule has 1 saturated carbocycles. The minimum absolute atomic E-state index is 0.349. The molecule has 0 radical (unpaired) electrons. The largest absolute Gasteiger partial charge is 0.478 e. The lowest BCUT2D eigenvalue weighted by molar-refractivity contribution is 0.0697. The first-order valence-electron chi connectivity index (χ1n) is 6.42. The number of carboxylic acids is 1. The fraction of sp³-hybridized carbons (Fsp3) is 0.500. The van der Waals surface area contributed by atoms with Crippen molar-refractivity contribution >= 4 is 27.6 Å². The summed E-state index contributed by atoms with van der Waals surface area (Å²) in [5.41, 5.74) is 1.37. The van der Waals surface area contributed by atoms with Crippen LogP contribution in [0, 0.1) is 0 Å². The van der Waals surface area contributed by atoms with Gasteiger partial charge in [-0.1, -0.05) is 29.3 Å². The Morgan fingerprint density at radius 1 is 1.44 bits per heavy atom. The van der Waals surface area contributed by atoms with Crippen LogP contribution in [0.4, 0.5) is 5.69 Å². The Kier molecular flexibility index (Phi) is 4.27. The third-order valence-electron chi connectivity index (χ3n) is 3.20. The fourth-order valence-corrected chi connectivity index (χ4v) is 2.58. The second-order valence-electron chi connectivity index (χ2n) is 4.78. The maximum Gasteiger partial charge on any atom is 0.335 e. The summed E-state index contributed by atoms with van der Waals surface area (Å²) in [4.78, 5) is 13.4. The molecule has 1 aliphatic rings. The molecule has 2 rings (SSSR count). The highest BCUT2D eigenvalue weighted by molar-refractivity contribution is 9.10. The summed E-state index contributed by atoms with van der Waals surface area (Å²) in [5.74, 6) is -0.871. The Hall–Kier alpha value is -1.03. The molecule has 98 valence electrons. The molecule has 1 fully saturated rings. The van der Waals surface area contributed by atoms with Gasteiger partial charge in [0, 0.05) is 22.7 Å². The SMILES string of the molecule is CCCCN(c1cc(Br)cc(C(=O)O)c1)C1CC1. The summed E-state index contributed by atoms with van der Waals surface area (Å²) in [6.45, 7) is 3.19. The number of hydrogen-bond acceptors (Lipinski definition) is 2. The highest BCUT2D eigenvalue weighted by atomic mass is 79.9. The van der Waals surface area contributed by atoms with Gasteiger partial charge in [0.05, 0.1) is 5.56 Å². The molecule has 0 heterocycles. The molecule has 1 aliphatic carbocycles. The zero-order valence-corrected chi connectivity index (χ0v) is 12.1. The lowest BCUT2D eigenvalue weighted by atomic mass is 10.1. The number of unbranched alkanes of at least 4 members (excludes halogenated alkanes) is 1. The van der Waals surface area contributed by atoms with Crippen LogP contribution >= 0.6 is 15.9 Å².